The van der Waals surface area contributed by atoms with Gasteiger partial charge in [0.25, 0.3) is 0 Å². The third-order valence-electron chi connectivity index (χ3n) is 7.27. The Morgan fingerprint density at radius 3 is 2.21 bits per heavy atom. The van der Waals surface area contributed by atoms with Gasteiger partial charge in [-0.05, 0) is 42.0 Å². The van der Waals surface area contributed by atoms with Gasteiger partial charge in [0.05, 0.1) is 25.9 Å². The Morgan fingerprint density at radius 1 is 0.851 bits per heavy atom. The molecule has 2 aliphatic heterocycles. The Balaban J connectivity index is 1.44. The summed E-state index contributed by atoms with van der Waals surface area (Å²) < 4.78 is 33.4. The van der Waals surface area contributed by atoms with E-state index >= 15 is 0 Å². The fraction of sp³-hybridized carbons (Fsp3) is 0.250. The van der Waals surface area contributed by atoms with E-state index in [0.29, 0.717) is 5.56 Å². The van der Waals surface area contributed by atoms with Crippen LogP contribution in [-0.4, -0.2) is 98.0 Å². The molecule has 0 unspecified atom stereocenters. The third-order valence-corrected chi connectivity index (χ3v) is 7.27. The van der Waals surface area contributed by atoms with Crippen LogP contribution in [0.3, 0.4) is 0 Å². The zero-order valence-corrected chi connectivity index (χ0v) is 24.8. The summed E-state index contributed by atoms with van der Waals surface area (Å²) >= 11 is 0. The predicted molar refractivity (Wildman–Crippen MR) is 162 cm³/mol. The smallest absolute Gasteiger partial charge is 0.507 e. The van der Waals surface area contributed by atoms with Crippen LogP contribution < -0.4 is 19.6 Å². The molecular formula is C32H31O15+. The molecule has 2 heterocycles. The van der Waals surface area contributed by atoms with Crippen molar-refractivity contribution < 1.29 is 68.6 Å². The number of methoxy groups -OCH3 is 2. The number of aromatic hydroxyl groups is 4. The Hall–Kier alpha value is -5.48. The number of aliphatic hydroxyl groups excluding tert-OH is 3. The predicted octanol–water partition coefficient (Wildman–Crippen LogP) is 1.67. The molecule has 248 valence electrons. The maximum Gasteiger partial charge on any atom is 0.510 e. The molecule has 5 atom stereocenters. The quantitative estimate of drug-likeness (QED) is 0.0588. The summed E-state index contributed by atoms with van der Waals surface area (Å²) in [6.45, 7) is -0.532. The van der Waals surface area contributed by atoms with Crippen molar-refractivity contribution in [3.05, 3.63) is 70.4 Å². The SMILES string of the molecule is COc1cc(-c2oc3cc(=O)cc(O)c-3cc2O[C@@H]2O[C@H](COC(=[OH+])C=Cc3ccc(O)c(O)c3)[C@@H](O)[C@H](O)[C@H]2O)cc(OC)c1O. The zero-order chi connectivity index (χ0) is 34.0. The molecule has 15 nitrogen and oxygen atoms in total. The monoisotopic (exact) mass is 655 g/mol. The van der Waals surface area contributed by atoms with Crippen LogP contribution in [0, 0.1) is 0 Å². The van der Waals surface area contributed by atoms with Gasteiger partial charge in [0, 0.05) is 17.7 Å². The average Bonchev–Trinajstić information content (AvgIpc) is 3.05. The van der Waals surface area contributed by atoms with E-state index in [2.05, 4.69) is 0 Å². The first-order valence-electron chi connectivity index (χ1n) is 13.9. The maximum atomic E-state index is 12.1. The maximum absolute atomic E-state index is 12.1. The Bertz CT molecular complexity index is 1800. The van der Waals surface area contributed by atoms with E-state index in [9.17, 15) is 45.3 Å². The van der Waals surface area contributed by atoms with Crippen molar-refractivity contribution in [2.24, 2.45) is 0 Å². The van der Waals surface area contributed by atoms with E-state index in [4.69, 9.17) is 28.1 Å². The van der Waals surface area contributed by atoms with E-state index < -0.39 is 54.5 Å². The van der Waals surface area contributed by atoms with Gasteiger partial charge in [0.2, 0.25) is 18.6 Å². The van der Waals surface area contributed by atoms with Gasteiger partial charge in [0.15, 0.2) is 46.0 Å². The van der Waals surface area contributed by atoms with Crippen LogP contribution in [-0.2, 0) is 9.47 Å². The molecule has 1 aliphatic carbocycles. The van der Waals surface area contributed by atoms with Gasteiger partial charge in [-0.25, -0.2) is 0 Å². The van der Waals surface area contributed by atoms with Crippen molar-refractivity contribution in [2.75, 3.05) is 20.8 Å². The van der Waals surface area contributed by atoms with Crippen molar-refractivity contribution >= 4 is 12.0 Å². The molecule has 15 heteroatoms. The first-order chi connectivity index (χ1) is 22.4. The molecule has 1 fully saturated rings. The standard InChI is InChI=1S/C32H30O15/c1-42-22-8-15(9-23(43-2)27(22)38)31-24(12-17-19(35)10-16(33)11-21(17)45-31)46-32-30(41)29(40)28(39)25(47-32)13-44-26(37)6-4-14-3-5-18(34)20(36)7-14/h3-12,25,28-30,32,34-36,38-41H,13H2,1-2H3/p+1/t25-,28-,29+,30-,32-/m1/s1. The first-order valence-corrected chi connectivity index (χ1v) is 13.9. The van der Waals surface area contributed by atoms with Crippen LogP contribution in [0.15, 0.2) is 63.8 Å². The minimum atomic E-state index is -1.83. The van der Waals surface area contributed by atoms with Crippen molar-refractivity contribution in [1.82, 2.24) is 0 Å². The summed E-state index contributed by atoms with van der Waals surface area (Å²) in [5.74, 6) is -2.44. The molecule has 0 radical (unpaired) electrons. The second kappa shape index (κ2) is 13.5. The molecule has 0 aromatic heterocycles. The normalized spacial score (nSPS) is 21.1. The van der Waals surface area contributed by atoms with Crippen LogP contribution in [0.2, 0.25) is 0 Å². The highest BCUT2D eigenvalue weighted by atomic mass is 16.7. The molecule has 47 heavy (non-hydrogen) atoms. The van der Waals surface area contributed by atoms with Gasteiger partial charge in [-0.3, -0.25) is 4.79 Å². The molecule has 2 aromatic rings. The molecule has 2 aromatic carbocycles. The summed E-state index contributed by atoms with van der Waals surface area (Å²) in [6.07, 6.45) is -5.90. The number of hydrogen-bond donors (Lipinski definition) is 7. The van der Waals surface area contributed by atoms with Crippen molar-refractivity contribution in [1.29, 1.82) is 0 Å². The minimum Gasteiger partial charge on any atom is -0.507 e. The number of rotatable bonds is 9. The van der Waals surface area contributed by atoms with Crippen molar-refractivity contribution in [3.63, 3.8) is 0 Å². The highest BCUT2D eigenvalue weighted by molar-refractivity contribution is 5.88. The number of benzene rings is 3. The lowest BCUT2D eigenvalue weighted by atomic mass is 9.99. The fourth-order valence-electron chi connectivity index (χ4n) is 4.79. The van der Waals surface area contributed by atoms with Gasteiger partial charge >= 0.3 is 5.97 Å². The summed E-state index contributed by atoms with van der Waals surface area (Å²) in [6, 6.07) is 10.1. The summed E-state index contributed by atoms with van der Waals surface area (Å²) in [4.78, 5) is 22.3. The highest BCUT2D eigenvalue weighted by Crippen LogP contribution is 2.46. The molecule has 8 N–H and O–H groups in total. The van der Waals surface area contributed by atoms with E-state index in [0.717, 1.165) is 18.2 Å². The molecule has 0 amide bonds. The molecule has 0 spiro atoms. The van der Waals surface area contributed by atoms with E-state index in [1.807, 2.05) is 0 Å². The molecular weight excluding hydrogens is 624 g/mol. The van der Waals surface area contributed by atoms with E-state index in [1.165, 1.54) is 56.7 Å². The van der Waals surface area contributed by atoms with Gasteiger partial charge in [0.1, 0.15) is 29.8 Å². The summed E-state index contributed by atoms with van der Waals surface area (Å²) in [5, 5.41) is 71.9. The molecule has 0 bridgehead atoms. The number of hydrogen-bond acceptors (Lipinski definition) is 14. The van der Waals surface area contributed by atoms with E-state index in [1.54, 1.807) is 0 Å². The lowest BCUT2D eigenvalue weighted by Gasteiger charge is -2.39. The van der Waals surface area contributed by atoms with Crippen LogP contribution in [0.4, 0.5) is 0 Å². The van der Waals surface area contributed by atoms with Gasteiger partial charge in [-0.1, -0.05) is 6.07 Å². The first kappa shape index (κ1) is 32.9. The second-order valence-electron chi connectivity index (χ2n) is 10.4. The molecule has 5 rings (SSSR count). The topological polar surface area (TPSA) is 239 Å². The van der Waals surface area contributed by atoms with E-state index in [-0.39, 0.29) is 57.1 Å². The molecule has 0 saturated carbocycles. The average molecular weight is 656 g/mol. The zero-order valence-electron chi connectivity index (χ0n) is 24.8. The van der Waals surface area contributed by atoms with Crippen LogP contribution in [0.25, 0.3) is 28.7 Å². The van der Waals surface area contributed by atoms with Crippen LogP contribution in [0.1, 0.15) is 5.56 Å². The number of phenols is 4. The largest absolute Gasteiger partial charge is 0.510 e. The Labute approximate surface area is 265 Å². The minimum absolute atomic E-state index is 0.0157. The van der Waals surface area contributed by atoms with Gasteiger partial charge in [-0.2, -0.15) is 0 Å². The second-order valence-corrected chi connectivity index (χ2v) is 10.4. The number of phenolic OH excluding ortho intramolecular Hbond substituents is 4. The van der Waals surface area contributed by atoms with Crippen molar-refractivity contribution in [3.8, 4) is 62.9 Å². The lowest BCUT2D eigenvalue weighted by molar-refractivity contribution is -0.276. The highest BCUT2D eigenvalue weighted by Gasteiger charge is 2.47. The number of aliphatic hydroxyl groups is 3. The van der Waals surface area contributed by atoms with Crippen LogP contribution >= 0.6 is 0 Å². The Morgan fingerprint density at radius 2 is 1.55 bits per heavy atom. The lowest BCUT2D eigenvalue weighted by Crippen LogP contribution is -2.60. The van der Waals surface area contributed by atoms with Crippen molar-refractivity contribution in [2.45, 2.75) is 30.7 Å². The number of ether oxygens (including phenoxy) is 5. The fourth-order valence-corrected chi connectivity index (χ4v) is 4.79. The molecule has 1 saturated heterocycles. The number of fused-ring (bicyclic) bond motifs is 1. The van der Waals surface area contributed by atoms with Gasteiger partial charge < -0.3 is 68.6 Å². The van der Waals surface area contributed by atoms with Gasteiger partial charge in [-0.15, -0.1) is 0 Å². The van der Waals surface area contributed by atoms with Crippen LogP contribution in [0.5, 0.6) is 40.2 Å². The number of carbonyl (C=O) groups excluding carboxylic acids is 1. The third kappa shape index (κ3) is 6.87. The molecule has 3 aliphatic rings. The summed E-state index contributed by atoms with van der Waals surface area (Å²) in [7, 11) is 2.61. The summed E-state index contributed by atoms with van der Waals surface area (Å²) in [5.41, 5.74) is 0.0963. The number of esters is 1. The Kier molecular flexibility index (Phi) is 9.44.